The molecule has 0 heterocycles. The van der Waals surface area contributed by atoms with Crippen molar-refractivity contribution in [2.45, 2.75) is 46.6 Å². The molecule has 1 rings (SSSR count). The number of nitrogens with one attached hydrogen (secondary N) is 1. The Hall–Kier alpha value is -1.18. The van der Waals surface area contributed by atoms with Gasteiger partial charge in [-0.1, -0.05) is 33.8 Å². The normalized spacial score (nSPS) is 11.3. The second kappa shape index (κ2) is 7.30. The second-order valence-corrected chi connectivity index (χ2v) is 5.83. The van der Waals surface area contributed by atoms with Gasteiger partial charge in [-0.3, -0.25) is 0 Å². The van der Waals surface area contributed by atoms with Crippen molar-refractivity contribution in [2.75, 3.05) is 12.4 Å². The molecule has 0 atom stereocenters. The molecule has 2 heteroatoms. The third kappa shape index (κ3) is 5.44. The van der Waals surface area contributed by atoms with Gasteiger partial charge in [0, 0.05) is 17.8 Å². The maximum Gasteiger partial charge on any atom is 0.120 e. The minimum atomic E-state index is 0.539. The van der Waals surface area contributed by atoms with E-state index in [-0.39, 0.29) is 0 Å². The molecule has 0 radical (unpaired) electrons. The van der Waals surface area contributed by atoms with Crippen LogP contribution in [0, 0.1) is 11.8 Å². The molecule has 0 amide bonds. The summed E-state index contributed by atoms with van der Waals surface area (Å²) in [5.41, 5.74) is 1.15. The van der Waals surface area contributed by atoms with Gasteiger partial charge in [0.05, 0.1) is 7.11 Å². The smallest absolute Gasteiger partial charge is 0.120 e. The van der Waals surface area contributed by atoms with E-state index in [0.29, 0.717) is 17.9 Å². The summed E-state index contributed by atoms with van der Waals surface area (Å²) < 4.78 is 5.26. The molecule has 0 spiro atoms. The fourth-order valence-electron chi connectivity index (χ4n) is 2.30. The summed E-state index contributed by atoms with van der Waals surface area (Å²) in [6.45, 7) is 9.11. The fraction of sp³-hybridized carbons (Fsp3) is 0.625. The Bertz CT molecular complexity index is 337. The van der Waals surface area contributed by atoms with Gasteiger partial charge in [-0.2, -0.15) is 0 Å². The van der Waals surface area contributed by atoms with Gasteiger partial charge in [-0.05, 0) is 36.8 Å². The zero-order chi connectivity index (χ0) is 13.5. The van der Waals surface area contributed by atoms with Crippen LogP contribution in [0.15, 0.2) is 24.3 Å². The predicted octanol–water partition coefficient (Wildman–Crippen LogP) is 4.57. The standard InChI is InChI=1S/C16H27NO/c1-12(2)9-15(10-13(3)4)17-14-7-6-8-16(11-14)18-5/h6-8,11-13,15,17H,9-10H2,1-5H3. The van der Waals surface area contributed by atoms with Crippen molar-refractivity contribution in [1.82, 2.24) is 0 Å². The van der Waals surface area contributed by atoms with Crippen LogP contribution in [0.5, 0.6) is 5.75 Å². The minimum absolute atomic E-state index is 0.539. The lowest BCUT2D eigenvalue weighted by molar-refractivity contribution is 0.414. The summed E-state index contributed by atoms with van der Waals surface area (Å²) in [6, 6.07) is 8.72. The molecule has 0 aliphatic heterocycles. The molecular weight excluding hydrogens is 222 g/mol. The summed E-state index contributed by atoms with van der Waals surface area (Å²) in [6.07, 6.45) is 2.41. The number of benzene rings is 1. The number of ether oxygens (including phenoxy) is 1. The van der Waals surface area contributed by atoms with Gasteiger partial charge in [0.25, 0.3) is 0 Å². The molecule has 0 saturated heterocycles. The Kier molecular flexibility index (Phi) is 6.03. The summed E-state index contributed by atoms with van der Waals surface area (Å²) in [5.74, 6) is 2.34. The monoisotopic (exact) mass is 249 g/mol. The van der Waals surface area contributed by atoms with Crippen molar-refractivity contribution in [3.8, 4) is 5.75 Å². The zero-order valence-electron chi connectivity index (χ0n) is 12.4. The predicted molar refractivity (Wildman–Crippen MR) is 79.3 cm³/mol. The van der Waals surface area contributed by atoms with Crippen LogP contribution in [-0.4, -0.2) is 13.2 Å². The van der Waals surface area contributed by atoms with Gasteiger partial charge in [0.15, 0.2) is 0 Å². The summed E-state index contributed by atoms with van der Waals surface area (Å²) in [4.78, 5) is 0. The SMILES string of the molecule is COc1cccc(NC(CC(C)C)CC(C)C)c1. The highest BCUT2D eigenvalue weighted by atomic mass is 16.5. The Morgan fingerprint density at radius 3 is 2.17 bits per heavy atom. The largest absolute Gasteiger partial charge is 0.497 e. The van der Waals surface area contributed by atoms with Crippen LogP contribution in [0.3, 0.4) is 0 Å². The van der Waals surface area contributed by atoms with E-state index in [4.69, 9.17) is 4.74 Å². The van der Waals surface area contributed by atoms with Crippen molar-refractivity contribution in [1.29, 1.82) is 0 Å². The van der Waals surface area contributed by atoms with E-state index in [9.17, 15) is 0 Å². The molecule has 102 valence electrons. The lowest BCUT2D eigenvalue weighted by Gasteiger charge is -2.23. The van der Waals surface area contributed by atoms with Crippen LogP contribution >= 0.6 is 0 Å². The Labute approximate surface area is 112 Å². The molecule has 0 unspecified atom stereocenters. The van der Waals surface area contributed by atoms with E-state index in [1.165, 1.54) is 12.8 Å². The molecule has 0 aromatic heterocycles. The van der Waals surface area contributed by atoms with Crippen molar-refractivity contribution in [3.63, 3.8) is 0 Å². The first-order chi connectivity index (χ1) is 8.51. The van der Waals surface area contributed by atoms with Crippen LogP contribution in [-0.2, 0) is 0 Å². The Morgan fingerprint density at radius 2 is 1.67 bits per heavy atom. The molecule has 18 heavy (non-hydrogen) atoms. The molecule has 0 bridgehead atoms. The maximum absolute atomic E-state index is 5.26. The average molecular weight is 249 g/mol. The highest BCUT2D eigenvalue weighted by molar-refractivity contribution is 5.48. The lowest BCUT2D eigenvalue weighted by Crippen LogP contribution is -2.23. The van der Waals surface area contributed by atoms with E-state index in [0.717, 1.165) is 11.4 Å². The van der Waals surface area contributed by atoms with Crippen molar-refractivity contribution < 1.29 is 4.74 Å². The highest BCUT2D eigenvalue weighted by Crippen LogP contribution is 2.22. The topological polar surface area (TPSA) is 21.3 Å². The zero-order valence-corrected chi connectivity index (χ0v) is 12.4. The van der Waals surface area contributed by atoms with Gasteiger partial charge < -0.3 is 10.1 Å². The third-order valence-electron chi connectivity index (χ3n) is 2.95. The van der Waals surface area contributed by atoms with Gasteiger partial charge in [0.1, 0.15) is 5.75 Å². The fourth-order valence-corrected chi connectivity index (χ4v) is 2.30. The van der Waals surface area contributed by atoms with E-state index >= 15 is 0 Å². The number of methoxy groups -OCH3 is 1. The number of anilines is 1. The molecule has 1 N–H and O–H groups in total. The average Bonchev–Trinajstić information content (AvgIpc) is 2.27. The quantitative estimate of drug-likeness (QED) is 0.764. The van der Waals surface area contributed by atoms with Gasteiger partial charge in [-0.25, -0.2) is 0 Å². The highest BCUT2D eigenvalue weighted by Gasteiger charge is 2.12. The third-order valence-corrected chi connectivity index (χ3v) is 2.95. The van der Waals surface area contributed by atoms with Crippen LogP contribution in [0.25, 0.3) is 0 Å². The summed E-state index contributed by atoms with van der Waals surface area (Å²) in [7, 11) is 1.71. The van der Waals surface area contributed by atoms with E-state index in [1.54, 1.807) is 7.11 Å². The summed E-state index contributed by atoms with van der Waals surface area (Å²) in [5, 5.41) is 3.64. The van der Waals surface area contributed by atoms with Crippen LogP contribution in [0.4, 0.5) is 5.69 Å². The molecular formula is C16H27NO. The van der Waals surface area contributed by atoms with Crippen LogP contribution in [0.2, 0.25) is 0 Å². The summed E-state index contributed by atoms with van der Waals surface area (Å²) >= 11 is 0. The molecule has 0 saturated carbocycles. The van der Waals surface area contributed by atoms with Gasteiger partial charge in [0.2, 0.25) is 0 Å². The lowest BCUT2D eigenvalue weighted by atomic mass is 9.95. The van der Waals surface area contributed by atoms with E-state index < -0.39 is 0 Å². The molecule has 0 fully saturated rings. The second-order valence-electron chi connectivity index (χ2n) is 5.83. The molecule has 2 nitrogen and oxygen atoms in total. The molecule has 1 aromatic carbocycles. The van der Waals surface area contributed by atoms with Crippen molar-refractivity contribution in [3.05, 3.63) is 24.3 Å². The van der Waals surface area contributed by atoms with E-state index in [2.05, 4.69) is 45.1 Å². The van der Waals surface area contributed by atoms with E-state index in [1.807, 2.05) is 12.1 Å². The first-order valence-electron chi connectivity index (χ1n) is 6.91. The maximum atomic E-state index is 5.26. The van der Waals surface area contributed by atoms with Gasteiger partial charge >= 0.3 is 0 Å². The number of hydrogen-bond acceptors (Lipinski definition) is 2. The molecule has 0 aliphatic rings. The Balaban J connectivity index is 2.68. The number of rotatable bonds is 7. The molecule has 1 aromatic rings. The minimum Gasteiger partial charge on any atom is -0.497 e. The first-order valence-corrected chi connectivity index (χ1v) is 6.91. The van der Waals surface area contributed by atoms with Crippen LogP contribution in [0.1, 0.15) is 40.5 Å². The Morgan fingerprint density at radius 1 is 1.06 bits per heavy atom. The van der Waals surface area contributed by atoms with Crippen molar-refractivity contribution >= 4 is 5.69 Å². The first kappa shape index (κ1) is 14.9. The number of hydrogen-bond donors (Lipinski definition) is 1. The van der Waals surface area contributed by atoms with Crippen LogP contribution < -0.4 is 10.1 Å². The van der Waals surface area contributed by atoms with Gasteiger partial charge in [-0.15, -0.1) is 0 Å². The van der Waals surface area contributed by atoms with Crippen molar-refractivity contribution in [2.24, 2.45) is 11.8 Å². The molecule has 0 aliphatic carbocycles.